The maximum Gasteiger partial charge on any atom is 0.270 e. The molecule has 1 N–H and O–H groups in total. The summed E-state index contributed by atoms with van der Waals surface area (Å²) in [6, 6.07) is 3.55. The fourth-order valence-corrected chi connectivity index (χ4v) is 4.55. The van der Waals surface area contributed by atoms with E-state index in [4.69, 9.17) is 11.6 Å². The fraction of sp³-hybridized carbons (Fsp3) is 0.667. The van der Waals surface area contributed by atoms with Crippen molar-refractivity contribution in [1.82, 2.24) is 15.1 Å². The van der Waals surface area contributed by atoms with Crippen molar-refractivity contribution >= 4 is 17.5 Å². The standard InChI is InChI=1S/C21H28ClF4N3O/c1-19(23,24)15-3-4-16(17(22)13-15)18(30)27-14-20(5-7-21(25,26)8-6-20)29-11-9-28(2)10-12-29/h3-4,13H,5-12,14H2,1-2H3,(H,27,30). The Hall–Kier alpha value is -1.38. The Morgan fingerprint density at radius 1 is 1.13 bits per heavy atom. The maximum absolute atomic E-state index is 13.8. The number of alkyl halides is 4. The number of nitrogens with one attached hydrogen (secondary N) is 1. The van der Waals surface area contributed by atoms with Crippen molar-refractivity contribution in [3.63, 3.8) is 0 Å². The lowest BCUT2D eigenvalue weighted by Gasteiger charge is -2.50. The smallest absolute Gasteiger partial charge is 0.270 e. The van der Waals surface area contributed by atoms with Gasteiger partial charge >= 0.3 is 0 Å². The van der Waals surface area contributed by atoms with Gasteiger partial charge in [-0.15, -0.1) is 0 Å². The molecule has 9 heteroatoms. The van der Waals surface area contributed by atoms with E-state index >= 15 is 0 Å². The average Bonchev–Trinajstić information content (AvgIpc) is 2.67. The number of hydrogen-bond donors (Lipinski definition) is 1. The van der Waals surface area contributed by atoms with Gasteiger partial charge in [-0.3, -0.25) is 9.69 Å². The van der Waals surface area contributed by atoms with Gasteiger partial charge in [-0.25, -0.2) is 17.6 Å². The SMILES string of the molecule is CN1CCN(C2(CNC(=O)c3ccc(C(C)(F)F)cc3Cl)CCC(F)(F)CC2)CC1. The number of carbonyl (C=O) groups is 1. The highest BCUT2D eigenvalue weighted by atomic mass is 35.5. The van der Waals surface area contributed by atoms with Gasteiger partial charge in [-0.2, -0.15) is 0 Å². The van der Waals surface area contributed by atoms with Crippen molar-refractivity contribution in [2.75, 3.05) is 39.8 Å². The Labute approximate surface area is 179 Å². The van der Waals surface area contributed by atoms with Gasteiger partial charge in [0, 0.05) is 63.6 Å². The molecule has 0 radical (unpaired) electrons. The van der Waals surface area contributed by atoms with Gasteiger partial charge in [0.2, 0.25) is 5.92 Å². The summed E-state index contributed by atoms with van der Waals surface area (Å²) < 4.78 is 54.6. The Bertz CT molecular complexity index is 766. The molecule has 1 saturated heterocycles. The zero-order valence-electron chi connectivity index (χ0n) is 17.3. The molecule has 1 amide bonds. The van der Waals surface area contributed by atoms with E-state index in [2.05, 4.69) is 15.1 Å². The second kappa shape index (κ2) is 8.63. The number of nitrogens with zero attached hydrogens (tertiary/aromatic N) is 2. The topological polar surface area (TPSA) is 35.6 Å². The molecular formula is C21H28ClF4N3O. The highest BCUT2D eigenvalue weighted by molar-refractivity contribution is 6.33. The molecule has 1 aromatic carbocycles. The molecule has 0 spiro atoms. The summed E-state index contributed by atoms with van der Waals surface area (Å²) in [7, 11) is 2.02. The molecule has 1 aromatic rings. The molecule has 0 unspecified atom stereocenters. The number of amides is 1. The fourth-order valence-electron chi connectivity index (χ4n) is 4.28. The van der Waals surface area contributed by atoms with E-state index in [1.165, 1.54) is 12.1 Å². The third-order valence-electron chi connectivity index (χ3n) is 6.38. The first kappa shape index (κ1) is 23.3. The molecule has 0 bridgehead atoms. The number of piperazine rings is 1. The zero-order chi connectivity index (χ0) is 22.2. The van der Waals surface area contributed by atoms with Gasteiger partial charge in [0.1, 0.15) is 0 Å². The Morgan fingerprint density at radius 2 is 1.73 bits per heavy atom. The number of likely N-dealkylation sites (N-methyl/N-ethyl adjacent to an activating group) is 1. The number of carbonyl (C=O) groups excluding carboxylic acids is 1. The molecular weight excluding hydrogens is 422 g/mol. The van der Waals surface area contributed by atoms with Crippen LogP contribution in [0, 0.1) is 0 Å². The lowest BCUT2D eigenvalue weighted by molar-refractivity contribution is -0.0874. The second-order valence-corrected chi connectivity index (χ2v) is 9.04. The van der Waals surface area contributed by atoms with Crippen LogP contribution < -0.4 is 5.32 Å². The third-order valence-corrected chi connectivity index (χ3v) is 6.70. The minimum Gasteiger partial charge on any atom is -0.350 e. The molecule has 4 nitrogen and oxygen atoms in total. The molecule has 0 atom stereocenters. The van der Waals surface area contributed by atoms with Crippen molar-refractivity contribution in [2.45, 2.75) is 50.0 Å². The minimum absolute atomic E-state index is 0.0599. The predicted octanol–water partition coefficient (Wildman–Crippen LogP) is 4.38. The number of hydrogen-bond acceptors (Lipinski definition) is 3. The normalized spacial score (nSPS) is 22.6. The summed E-state index contributed by atoms with van der Waals surface area (Å²) in [6.07, 6.45) is 0.157. The zero-order valence-corrected chi connectivity index (χ0v) is 18.0. The molecule has 1 aliphatic heterocycles. The first-order chi connectivity index (χ1) is 13.9. The first-order valence-electron chi connectivity index (χ1n) is 10.2. The molecule has 3 rings (SSSR count). The summed E-state index contributed by atoms with van der Waals surface area (Å²) in [5, 5.41) is 2.77. The maximum atomic E-state index is 13.8. The molecule has 1 heterocycles. The highest BCUT2D eigenvalue weighted by Gasteiger charge is 2.47. The Balaban J connectivity index is 1.73. The Kier molecular flexibility index (Phi) is 6.70. The molecule has 1 saturated carbocycles. The number of rotatable bonds is 5. The summed E-state index contributed by atoms with van der Waals surface area (Å²) in [5.41, 5.74) is -0.714. The van der Waals surface area contributed by atoms with E-state index in [0.29, 0.717) is 12.8 Å². The van der Waals surface area contributed by atoms with Crippen LogP contribution in [0.2, 0.25) is 5.02 Å². The quantitative estimate of drug-likeness (QED) is 0.678. The van der Waals surface area contributed by atoms with Crippen LogP contribution in [-0.2, 0) is 5.92 Å². The van der Waals surface area contributed by atoms with E-state index in [1.807, 2.05) is 7.05 Å². The highest BCUT2D eigenvalue weighted by Crippen LogP contribution is 2.41. The van der Waals surface area contributed by atoms with Crippen molar-refractivity contribution in [1.29, 1.82) is 0 Å². The third kappa shape index (κ3) is 5.26. The lowest BCUT2D eigenvalue weighted by Crippen LogP contribution is -2.62. The first-order valence-corrected chi connectivity index (χ1v) is 10.6. The molecule has 2 aliphatic rings. The largest absolute Gasteiger partial charge is 0.350 e. The van der Waals surface area contributed by atoms with Gasteiger partial charge in [0.25, 0.3) is 11.8 Å². The summed E-state index contributed by atoms with van der Waals surface area (Å²) in [6.45, 7) is 4.15. The van der Waals surface area contributed by atoms with Crippen molar-refractivity contribution in [3.8, 4) is 0 Å². The van der Waals surface area contributed by atoms with Crippen LogP contribution in [0.1, 0.15) is 48.5 Å². The van der Waals surface area contributed by atoms with Crippen molar-refractivity contribution in [2.24, 2.45) is 0 Å². The molecule has 0 aromatic heterocycles. The number of halogens is 5. The average molecular weight is 450 g/mol. The lowest BCUT2D eigenvalue weighted by atomic mass is 9.78. The van der Waals surface area contributed by atoms with Gasteiger partial charge in [0.05, 0.1) is 10.6 Å². The van der Waals surface area contributed by atoms with Crippen LogP contribution in [0.5, 0.6) is 0 Å². The summed E-state index contributed by atoms with van der Waals surface area (Å²) in [5.74, 6) is -6.22. The molecule has 168 valence electrons. The minimum atomic E-state index is -3.06. The van der Waals surface area contributed by atoms with Gasteiger partial charge in [-0.1, -0.05) is 17.7 Å². The van der Waals surface area contributed by atoms with Crippen LogP contribution in [0.3, 0.4) is 0 Å². The van der Waals surface area contributed by atoms with Gasteiger partial charge in [-0.05, 0) is 32.0 Å². The van der Waals surface area contributed by atoms with Crippen LogP contribution in [0.25, 0.3) is 0 Å². The van der Waals surface area contributed by atoms with E-state index in [-0.39, 0.29) is 35.5 Å². The van der Waals surface area contributed by atoms with Gasteiger partial charge < -0.3 is 10.2 Å². The summed E-state index contributed by atoms with van der Waals surface area (Å²) in [4.78, 5) is 17.1. The van der Waals surface area contributed by atoms with Crippen molar-refractivity contribution < 1.29 is 22.4 Å². The second-order valence-electron chi connectivity index (χ2n) is 8.64. The molecule has 1 aliphatic carbocycles. The van der Waals surface area contributed by atoms with Crippen LogP contribution in [0.15, 0.2) is 18.2 Å². The Morgan fingerprint density at radius 3 is 2.27 bits per heavy atom. The number of benzene rings is 1. The molecule has 2 fully saturated rings. The van der Waals surface area contributed by atoms with Gasteiger partial charge in [0.15, 0.2) is 0 Å². The van der Waals surface area contributed by atoms with E-state index in [9.17, 15) is 22.4 Å². The van der Waals surface area contributed by atoms with E-state index < -0.39 is 23.3 Å². The van der Waals surface area contributed by atoms with Crippen molar-refractivity contribution in [3.05, 3.63) is 34.3 Å². The monoisotopic (exact) mass is 449 g/mol. The van der Waals surface area contributed by atoms with Crippen LogP contribution in [-0.4, -0.2) is 66.9 Å². The van der Waals surface area contributed by atoms with E-state index in [0.717, 1.165) is 39.2 Å². The molecule has 30 heavy (non-hydrogen) atoms. The van der Waals surface area contributed by atoms with Crippen LogP contribution >= 0.6 is 11.6 Å². The van der Waals surface area contributed by atoms with E-state index in [1.54, 1.807) is 0 Å². The van der Waals surface area contributed by atoms with Crippen LogP contribution in [0.4, 0.5) is 17.6 Å². The predicted molar refractivity (Wildman–Crippen MR) is 109 cm³/mol. The summed E-state index contributed by atoms with van der Waals surface area (Å²) >= 11 is 6.08.